The largest absolute Gasteiger partial charge is 0.489 e. The topological polar surface area (TPSA) is 48.1 Å². The van der Waals surface area contributed by atoms with E-state index in [4.69, 9.17) is 22.1 Å². The predicted molar refractivity (Wildman–Crippen MR) is 72.8 cm³/mol. The summed E-state index contributed by atoms with van der Waals surface area (Å²) in [7, 11) is 0. The third kappa shape index (κ3) is 3.45. The highest BCUT2D eigenvalue weighted by Crippen LogP contribution is 2.24. The van der Waals surface area contributed by atoms with Crippen LogP contribution in [0, 0.1) is 0 Å². The minimum Gasteiger partial charge on any atom is -0.489 e. The van der Waals surface area contributed by atoms with Crippen LogP contribution in [0.15, 0.2) is 42.7 Å². The quantitative estimate of drug-likeness (QED) is 0.901. The van der Waals surface area contributed by atoms with Gasteiger partial charge in [-0.1, -0.05) is 17.7 Å². The molecule has 0 bridgehead atoms. The van der Waals surface area contributed by atoms with Crippen LogP contribution < -0.4 is 10.5 Å². The Balaban J connectivity index is 2.09. The molecule has 1 aromatic heterocycles. The number of aromatic nitrogens is 1. The second-order valence-corrected chi connectivity index (χ2v) is 4.38. The third-order valence-electron chi connectivity index (χ3n) is 2.55. The number of nitrogens with two attached hydrogens (primary N) is 1. The van der Waals surface area contributed by atoms with E-state index >= 15 is 0 Å². The Morgan fingerprint density at radius 2 is 2.17 bits per heavy atom. The fraction of sp³-hybridized carbons (Fsp3) is 0.214. The average Bonchev–Trinajstić information content (AvgIpc) is 2.39. The molecule has 2 rings (SSSR count). The molecule has 1 aromatic carbocycles. The van der Waals surface area contributed by atoms with Gasteiger partial charge in [-0.25, -0.2) is 0 Å². The number of rotatable bonds is 5. The molecule has 0 aliphatic heterocycles. The Hall–Kier alpha value is -1.58. The normalized spacial score (nSPS) is 10.3. The maximum Gasteiger partial charge on any atom is 0.123 e. The minimum absolute atomic E-state index is 0.493. The van der Waals surface area contributed by atoms with Crippen molar-refractivity contribution in [2.45, 2.75) is 13.0 Å². The van der Waals surface area contributed by atoms with E-state index in [2.05, 4.69) is 4.98 Å². The first-order valence-corrected chi connectivity index (χ1v) is 6.17. The molecule has 0 radical (unpaired) electrons. The molecule has 1 heterocycles. The average molecular weight is 263 g/mol. The number of hydrogen-bond acceptors (Lipinski definition) is 3. The fourth-order valence-electron chi connectivity index (χ4n) is 1.68. The lowest BCUT2D eigenvalue weighted by Gasteiger charge is -2.11. The zero-order chi connectivity index (χ0) is 12.8. The smallest absolute Gasteiger partial charge is 0.123 e. The second kappa shape index (κ2) is 6.38. The summed E-state index contributed by atoms with van der Waals surface area (Å²) in [5.41, 5.74) is 7.65. The third-order valence-corrected chi connectivity index (χ3v) is 2.79. The molecule has 0 spiro atoms. The summed E-state index contributed by atoms with van der Waals surface area (Å²) in [5.74, 6) is 0.828. The van der Waals surface area contributed by atoms with Crippen LogP contribution in [0.1, 0.15) is 11.1 Å². The van der Waals surface area contributed by atoms with Gasteiger partial charge >= 0.3 is 0 Å². The lowest BCUT2D eigenvalue weighted by atomic mass is 10.1. The van der Waals surface area contributed by atoms with Gasteiger partial charge in [-0.15, -0.1) is 0 Å². The van der Waals surface area contributed by atoms with Gasteiger partial charge in [-0.2, -0.15) is 0 Å². The van der Waals surface area contributed by atoms with Crippen LogP contribution >= 0.6 is 11.6 Å². The Morgan fingerprint density at radius 1 is 1.28 bits per heavy atom. The molecule has 2 aromatic rings. The molecule has 0 saturated carbocycles. The van der Waals surface area contributed by atoms with Crippen LogP contribution in [-0.4, -0.2) is 11.5 Å². The van der Waals surface area contributed by atoms with Crippen LogP contribution in [0.2, 0.25) is 5.02 Å². The van der Waals surface area contributed by atoms with Gasteiger partial charge in [0, 0.05) is 23.0 Å². The van der Waals surface area contributed by atoms with Crippen LogP contribution in [0.25, 0.3) is 0 Å². The SMILES string of the molecule is NCCc1cc(Cl)ccc1OCc1cccnc1. The molecule has 18 heavy (non-hydrogen) atoms. The maximum atomic E-state index is 5.96. The van der Waals surface area contributed by atoms with Gasteiger partial charge in [0.25, 0.3) is 0 Å². The van der Waals surface area contributed by atoms with E-state index in [1.54, 1.807) is 12.4 Å². The molecule has 3 nitrogen and oxygen atoms in total. The van der Waals surface area contributed by atoms with Crippen molar-refractivity contribution in [3.8, 4) is 5.75 Å². The van der Waals surface area contributed by atoms with Crippen LogP contribution in [0.3, 0.4) is 0 Å². The van der Waals surface area contributed by atoms with Crippen LogP contribution in [0.4, 0.5) is 0 Å². The van der Waals surface area contributed by atoms with Gasteiger partial charge in [-0.05, 0) is 42.8 Å². The highest BCUT2D eigenvalue weighted by atomic mass is 35.5. The van der Waals surface area contributed by atoms with Gasteiger partial charge in [-0.3, -0.25) is 4.98 Å². The first-order chi connectivity index (χ1) is 8.79. The molecule has 0 unspecified atom stereocenters. The zero-order valence-electron chi connectivity index (χ0n) is 9.97. The van der Waals surface area contributed by atoms with Crippen molar-refractivity contribution in [3.05, 3.63) is 58.9 Å². The number of benzene rings is 1. The van der Waals surface area contributed by atoms with E-state index in [0.29, 0.717) is 18.2 Å². The lowest BCUT2D eigenvalue weighted by molar-refractivity contribution is 0.302. The summed E-state index contributed by atoms with van der Waals surface area (Å²) in [4.78, 5) is 4.05. The van der Waals surface area contributed by atoms with E-state index in [1.807, 2.05) is 30.3 Å². The van der Waals surface area contributed by atoms with Crippen LogP contribution in [0.5, 0.6) is 5.75 Å². The van der Waals surface area contributed by atoms with E-state index < -0.39 is 0 Å². The summed E-state index contributed by atoms with van der Waals surface area (Å²) in [6, 6.07) is 9.46. The van der Waals surface area contributed by atoms with Gasteiger partial charge in [0.2, 0.25) is 0 Å². The molecular weight excluding hydrogens is 248 g/mol. The van der Waals surface area contributed by atoms with Gasteiger partial charge in [0.15, 0.2) is 0 Å². The first kappa shape index (κ1) is 12.9. The zero-order valence-corrected chi connectivity index (χ0v) is 10.7. The number of halogens is 1. The van der Waals surface area contributed by atoms with Crippen molar-refractivity contribution in [3.63, 3.8) is 0 Å². The van der Waals surface area contributed by atoms with E-state index in [1.165, 1.54) is 0 Å². The van der Waals surface area contributed by atoms with Gasteiger partial charge in [0.05, 0.1) is 0 Å². The summed E-state index contributed by atoms with van der Waals surface area (Å²) >= 11 is 5.96. The molecule has 4 heteroatoms. The minimum atomic E-state index is 0.493. The second-order valence-electron chi connectivity index (χ2n) is 3.94. The summed E-state index contributed by atoms with van der Waals surface area (Å²) in [5, 5.41) is 0.701. The summed E-state index contributed by atoms with van der Waals surface area (Å²) in [6.45, 7) is 1.07. The highest BCUT2D eigenvalue weighted by molar-refractivity contribution is 6.30. The summed E-state index contributed by atoms with van der Waals surface area (Å²) in [6.07, 6.45) is 4.28. The molecule has 0 aliphatic carbocycles. The van der Waals surface area contributed by atoms with Crippen LogP contribution in [-0.2, 0) is 13.0 Å². The molecule has 0 saturated heterocycles. The summed E-state index contributed by atoms with van der Waals surface area (Å²) < 4.78 is 5.78. The number of ether oxygens (including phenoxy) is 1. The van der Waals surface area contributed by atoms with Gasteiger partial charge < -0.3 is 10.5 Å². The molecule has 94 valence electrons. The predicted octanol–water partition coefficient (Wildman–Crippen LogP) is 2.82. The van der Waals surface area contributed by atoms with Gasteiger partial charge in [0.1, 0.15) is 12.4 Å². The Kier molecular flexibility index (Phi) is 4.56. The van der Waals surface area contributed by atoms with Crippen molar-refractivity contribution in [2.24, 2.45) is 5.73 Å². The number of pyridine rings is 1. The molecule has 0 atom stereocenters. The van der Waals surface area contributed by atoms with Crippen molar-refractivity contribution in [1.82, 2.24) is 4.98 Å². The standard InChI is InChI=1S/C14H15ClN2O/c15-13-3-4-14(12(8-13)5-6-16)18-10-11-2-1-7-17-9-11/h1-4,7-9H,5-6,10,16H2. The number of nitrogens with zero attached hydrogens (tertiary/aromatic N) is 1. The maximum absolute atomic E-state index is 5.96. The molecule has 0 aliphatic rings. The molecule has 2 N–H and O–H groups in total. The Labute approximate surface area is 112 Å². The Morgan fingerprint density at radius 3 is 2.89 bits per heavy atom. The fourth-order valence-corrected chi connectivity index (χ4v) is 1.88. The highest BCUT2D eigenvalue weighted by Gasteiger charge is 2.04. The van der Waals surface area contributed by atoms with Crippen molar-refractivity contribution < 1.29 is 4.74 Å². The van der Waals surface area contributed by atoms with Crippen molar-refractivity contribution >= 4 is 11.6 Å². The van der Waals surface area contributed by atoms with Crippen molar-refractivity contribution in [1.29, 1.82) is 0 Å². The Bertz CT molecular complexity index is 502. The van der Waals surface area contributed by atoms with E-state index in [0.717, 1.165) is 23.3 Å². The van der Waals surface area contributed by atoms with Crippen molar-refractivity contribution in [2.75, 3.05) is 6.54 Å². The number of hydrogen-bond donors (Lipinski definition) is 1. The first-order valence-electron chi connectivity index (χ1n) is 5.80. The van der Waals surface area contributed by atoms with E-state index in [-0.39, 0.29) is 0 Å². The lowest BCUT2D eigenvalue weighted by Crippen LogP contribution is -2.05. The monoisotopic (exact) mass is 262 g/mol. The molecular formula is C14H15ClN2O. The molecule has 0 amide bonds. The molecule has 0 fully saturated rings. The van der Waals surface area contributed by atoms with E-state index in [9.17, 15) is 0 Å².